The SMILES string of the molecule is C=C(C)C(=O)OCC[N+](OC)(OC)OC.[Cl-]. The molecule has 0 heterocycles. The maximum Gasteiger partial charge on any atom is 0.333 e. The lowest BCUT2D eigenvalue weighted by molar-refractivity contribution is -1.36. The lowest BCUT2D eigenvalue weighted by Crippen LogP contribution is -3.00. The van der Waals surface area contributed by atoms with Crippen LogP contribution in [0.15, 0.2) is 12.2 Å². The molecule has 0 aromatic rings. The summed E-state index contributed by atoms with van der Waals surface area (Å²) in [7, 11) is 4.27. The van der Waals surface area contributed by atoms with E-state index in [0.29, 0.717) is 5.57 Å². The second-order valence-corrected chi connectivity index (χ2v) is 2.80. The average molecular weight is 256 g/mol. The molecule has 0 saturated heterocycles. The molecule has 0 spiro atoms. The van der Waals surface area contributed by atoms with Gasteiger partial charge in [-0.3, -0.25) is 0 Å². The molecule has 0 saturated carbocycles. The molecule has 7 heteroatoms. The topological polar surface area (TPSA) is 54.0 Å². The average Bonchev–Trinajstić information content (AvgIpc) is 2.24. The molecular weight excluding hydrogens is 238 g/mol. The monoisotopic (exact) mass is 255 g/mol. The van der Waals surface area contributed by atoms with Crippen molar-refractivity contribution >= 4 is 5.97 Å². The third kappa shape index (κ3) is 5.43. The predicted octanol–water partition coefficient (Wildman–Crippen LogP) is -2.39. The fourth-order valence-electron chi connectivity index (χ4n) is 0.871. The summed E-state index contributed by atoms with van der Waals surface area (Å²) >= 11 is 0. The zero-order chi connectivity index (χ0) is 11.9. The second-order valence-electron chi connectivity index (χ2n) is 2.80. The quantitative estimate of drug-likeness (QED) is 0.220. The van der Waals surface area contributed by atoms with Gasteiger partial charge in [0.1, 0.15) is 21.3 Å². The first-order valence-electron chi connectivity index (χ1n) is 4.39. The molecule has 16 heavy (non-hydrogen) atoms. The zero-order valence-electron chi connectivity index (χ0n) is 9.99. The van der Waals surface area contributed by atoms with Gasteiger partial charge in [-0.25, -0.2) is 4.79 Å². The highest BCUT2D eigenvalue weighted by Crippen LogP contribution is 2.07. The Morgan fingerprint density at radius 2 is 1.62 bits per heavy atom. The highest BCUT2D eigenvalue weighted by atomic mass is 35.5. The van der Waals surface area contributed by atoms with E-state index in [2.05, 4.69) is 6.58 Å². The van der Waals surface area contributed by atoms with E-state index in [1.807, 2.05) is 0 Å². The number of esters is 1. The van der Waals surface area contributed by atoms with E-state index >= 15 is 0 Å². The molecule has 0 radical (unpaired) electrons. The van der Waals surface area contributed by atoms with E-state index in [9.17, 15) is 4.79 Å². The van der Waals surface area contributed by atoms with Crippen LogP contribution in [0.5, 0.6) is 0 Å². The Labute approximate surface area is 102 Å². The summed E-state index contributed by atoms with van der Waals surface area (Å²) in [5.74, 6) is -0.448. The predicted molar refractivity (Wildman–Crippen MR) is 51.9 cm³/mol. The molecule has 0 aliphatic rings. The molecule has 0 aromatic heterocycles. The van der Waals surface area contributed by atoms with Crippen molar-refractivity contribution in [3.63, 3.8) is 0 Å². The van der Waals surface area contributed by atoms with E-state index in [1.165, 1.54) is 21.3 Å². The Kier molecular flexibility index (Phi) is 9.40. The van der Waals surface area contributed by atoms with Gasteiger partial charge in [0.2, 0.25) is 6.54 Å². The number of ether oxygens (including phenoxy) is 1. The molecule has 6 nitrogen and oxygen atoms in total. The van der Waals surface area contributed by atoms with E-state index in [1.54, 1.807) is 6.92 Å². The second kappa shape index (κ2) is 8.49. The largest absolute Gasteiger partial charge is 1.00 e. The Bertz CT molecular complexity index is 222. The van der Waals surface area contributed by atoms with Crippen molar-refractivity contribution < 1.29 is 41.4 Å². The lowest BCUT2D eigenvalue weighted by Gasteiger charge is -2.24. The molecule has 0 amide bonds. The summed E-state index contributed by atoms with van der Waals surface area (Å²) in [4.78, 5) is 25.4. The van der Waals surface area contributed by atoms with Gasteiger partial charge in [0, 0.05) is 5.57 Å². The summed E-state index contributed by atoms with van der Waals surface area (Å²) in [6.07, 6.45) is 0. The third-order valence-electron chi connectivity index (χ3n) is 1.78. The van der Waals surface area contributed by atoms with Gasteiger partial charge in [-0.2, -0.15) is 0 Å². The number of hydrogen-bond donors (Lipinski definition) is 0. The summed E-state index contributed by atoms with van der Waals surface area (Å²) in [6, 6.07) is 0. The third-order valence-corrected chi connectivity index (χ3v) is 1.78. The van der Waals surface area contributed by atoms with E-state index in [-0.39, 0.29) is 25.6 Å². The number of rotatable bonds is 7. The number of carbonyl (C=O) groups excluding carboxylic acids is 1. The molecule has 0 rings (SSSR count). The molecule has 0 bridgehead atoms. The van der Waals surface area contributed by atoms with Gasteiger partial charge in [-0.05, 0) is 6.92 Å². The van der Waals surface area contributed by atoms with Crippen molar-refractivity contribution in [3.05, 3.63) is 12.2 Å². The van der Waals surface area contributed by atoms with Gasteiger partial charge < -0.3 is 17.1 Å². The highest BCUT2D eigenvalue weighted by Gasteiger charge is 2.30. The van der Waals surface area contributed by atoms with Crippen LogP contribution in [0.1, 0.15) is 6.92 Å². The van der Waals surface area contributed by atoms with Gasteiger partial charge in [0.15, 0.2) is 6.61 Å². The fraction of sp³-hybridized carbons (Fsp3) is 0.667. The van der Waals surface area contributed by atoms with Crippen LogP contribution in [0.25, 0.3) is 0 Å². The standard InChI is InChI=1S/C9H18NO5.ClH/c1-8(2)9(11)15-7-6-10(12-3,13-4)14-5;/h1,6-7H2,2-5H3;1H/q+1;/p-1. The maximum absolute atomic E-state index is 11.0. The van der Waals surface area contributed by atoms with Crippen molar-refractivity contribution in [3.8, 4) is 0 Å². The summed E-state index contributed by atoms with van der Waals surface area (Å²) in [5.41, 5.74) is 0.348. The van der Waals surface area contributed by atoms with Gasteiger partial charge in [0.05, 0.1) is 4.97 Å². The van der Waals surface area contributed by atoms with Gasteiger partial charge >= 0.3 is 5.97 Å². The van der Waals surface area contributed by atoms with Crippen LogP contribution in [0, 0.1) is 0 Å². The summed E-state index contributed by atoms with van der Waals surface area (Å²) in [5, 5.41) is 0. The minimum atomic E-state index is -0.497. The maximum atomic E-state index is 11.0. The van der Waals surface area contributed by atoms with Crippen LogP contribution in [0.3, 0.4) is 0 Å². The minimum absolute atomic E-state index is 0. The molecule has 0 atom stereocenters. The smallest absolute Gasteiger partial charge is 0.333 e. The van der Waals surface area contributed by atoms with Crippen molar-refractivity contribution in [1.29, 1.82) is 0 Å². The number of halogens is 1. The number of carbonyl (C=O) groups is 1. The number of hydrogen-bond acceptors (Lipinski definition) is 5. The lowest BCUT2D eigenvalue weighted by atomic mass is 10.4. The zero-order valence-corrected chi connectivity index (χ0v) is 10.7. The van der Waals surface area contributed by atoms with Crippen LogP contribution in [0.2, 0.25) is 0 Å². The Hall–Kier alpha value is -0.660. The number of quaternary nitrogens is 1. The van der Waals surface area contributed by atoms with Crippen molar-refractivity contribution in [2.75, 3.05) is 34.5 Å². The molecule has 0 N–H and O–H groups in total. The molecule has 0 unspecified atom stereocenters. The van der Waals surface area contributed by atoms with Crippen molar-refractivity contribution in [2.45, 2.75) is 6.92 Å². The van der Waals surface area contributed by atoms with Crippen molar-refractivity contribution in [1.82, 2.24) is 0 Å². The highest BCUT2D eigenvalue weighted by molar-refractivity contribution is 5.86. The molecule has 0 aromatic carbocycles. The Balaban J connectivity index is 0. The minimum Gasteiger partial charge on any atom is -1.00 e. The molecular formula is C9H18ClNO5. The summed E-state index contributed by atoms with van der Waals surface area (Å²) < 4.78 is 4.87. The van der Waals surface area contributed by atoms with Gasteiger partial charge in [0.25, 0.3) is 0 Å². The van der Waals surface area contributed by atoms with Gasteiger partial charge in [-0.15, -0.1) is 14.5 Å². The summed E-state index contributed by atoms with van der Waals surface area (Å²) in [6.45, 7) is 5.37. The fourth-order valence-corrected chi connectivity index (χ4v) is 0.871. The van der Waals surface area contributed by atoms with E-state index in [0.717, 1.165) is 0 Å². The van der Waals surface area contributed by atoms with Crippen LogP contribution in [-0.4, -0.2) is 45.4 Å². The molecule has 0 fully saturated rings. The number of nitrogens with zero attached hydrogens (tertiary/aromatic N) is 1. The van der Waals surface area contributed by atoms with Gasteiger partial charge in [-0.1, -0.05) is 6.58 Å². The van der Waals surface area contributed by atoms with Crippen LogP contribution >= 0.6 is 0 Å². The first-order chi connectivity index (χ1) is 7.01. The normalized spacial score (nSPS) is 10.5. The van der Waals surface area contributed by atoms with E-state index < -0.39 is 10.9 Å². The molecule has 96 valence electrons. The number of hydroxylamine groups is 3. The Morgan fingerprint density at radius 3 is 1.94 bits per heavy atom. The van der Waals surface area contributed by atoms with Crippen LogP contribution < -0.4 is 12.4 Å². The van der Waals surface area contributed by atoms with E-state index in [4.69, 9.17) is 19.2 Å². The molecule has 0 aliphatic heterocycles. The first kappa shape index (κ1) is 17.7. The first-order valence-corrected chi connectivity index (χ1v) is 4.39. The van der Waals surface area contributed by atoms with Crippen LogP contribution in [0.4, 0.5) is 0 Å². The van der Waals surface area contributed by atoms with Crippen molar-refractivity contribution in [2.24, 2.45) is 0 Å². The molecule has 0 aliphatic carbocycles. The van der Waals surface area contributed by atoms with Crippen LogP contribution in [-0.2, 0) is 24.0 Å². The Morgan fingerprint density at radius 1 is 1.19 bits per heavy atom.